The van der Waals surface area contributed by atoms with Crippen molar-refractivity contribution in [2.45, 2.75) is 6.54 Å². The van der Waals surface area contributed by atoms with Gasteiger partial charge < -0.3 is 5.32 Å². The molecule has 0 spiro atoms. The molecule has 0 aliphatic heterocycles. The summed E-state index contributed by atoms with van der Waals surface area (Å²) >= 11 is 7.04. The second-order valence-electron chi connectivity index (χ2n) is 3.47. The minimum atomic E-state index is -0.684. The number of rotatable bonds is 4. The van der Waals surface area contributed by atoms with E-state index in [0.717, 1.165) is 17.0 Å². The van der Waals surface area contributed by atoms with Gasteiger partial charge in [0, 0.05) is 23.6 Å². The second-order valence-corrected chi connectivity index (χ2v) is 4.91. The van der Waals surface area contributed by atoms with Gasteiger partial charge in [0.2, 0.25) is 0 Å². The average Bonchev–Trinajstić information content (AvgIpc) is 2.83. The lowest BCUT2D eigenvalue weighted by Gasteiger charge is -2.06. The van der Waals surface area contributed by atoms with E-state index in [2.05, 4.69) is 5.32 Å². The van der Waals surface area contributed by atoms with Gasteiger partial charge in [0.05, 0.1) is 9.95 Å². The van der Waals surface area contributed by atoms with Crippen molar-refractivity contribution in [1.29, 1.82) is 0 Å². The normalized spacial score (nSPS) is 10.3. The van der Waals surface area contributed by atoms with Gasteiger partial charge in [-0.25, -0.2) is 4.39 Å². The number of nitro benzene ring substituents is 1. The molecule has 2 aromatic rings. The van der Waals surface area contributed by atoms with Crippen LogP contribution in [-0.2, 0) is 6.54 Å². The highest BCUT2D eigenvalue weighted by Gasteiger charge is 2.17. The van der Waals surface area contributed by atoms with Gasteiger partial charge in [-0.15, -0.1) is 11.3 Å². The summed E-state index contributed by atoms with van der Waals surface area (Å²) in [5, 5.41) is 15.3. The molecule has 1 aromatic heterocycles. The smallest absolute Gasteiger partial charge is 0.294 e. The Bertz CT molecular complexity index is 575. The minimum absolute atomic E-state index is 0.121. The van der Waals surface area contributed by atoms with Crippen molar-refractivity contribution >= 4 is 34.3 Å². The zero-order valence-corrected chi connectivity index (χ0v) is 10.6. The van der Waals surface area contributed by atoms with E-state index in [4.69, 9.17) is 11.6 Å². The topological polar surface area (TPSA) is 55.2 Å². The van der Waals surface area contributed by atoms with E-state index in [1.54, 1.807) is 0 Å². The molecule has 1 aromatic carbocycles. The molecule has 0 amide bonds. The van der Waals surface area contributed by atoms with Crippen LogP contribution in [-0.4, -0.2) is 4.92 Å². The predicted octanol–water partition coefficient (Wildman–Crippen LogP) is 4.06. The molecule has 7 heteroatoms. The van der Waals surface area contributed by atoms with E-state index in [1.165, 1.54) is 11.3 Å². The third-order valence-electron chi connectivity index (χ3n) is 2.27. The molecule has 2 rings (SSSR count). The van der Waals surface area contributed by atoms with E-state index in [0.29, 0.717) is 6.54 Å². The van der Waals surface area contributed by atoms with Crippen molar-refractivity contribution in [1.82, 2.24) is 0 Å². The summed E-state index contributed by atoms with van der Waals surface area (Å²) in [6.07, 6.45) is 0. The quantitative estimate of drug-likeness (QED) is 0.681. The van der Waals surface area contributed by atoms with Gasteiger partial charge in [0.1, 0.15) is 11.5 Å². The standard InChI is InChI=1S/C11H8ClFN2O2S/c12-8-4-11(15(16)17)10(5-9(8)13)14-6-7-2-1-3-18-7/h1-5,14H,6H2. The zero-order valence-electron chi connectivity index (χ0n) is 9.02. The number of nitrogens with one attached hydrogen (secondary N) is 1. The van der Waals surface area contributed by atoms with Crippen molar-refractivity contribution in [2.24, 2.45) is 0 Å². The maximum Gasteiger partial charge on any atom is 0.294 e. The number of benzene rings is 1. The molecule has 0 atom stereocenters. The lowest BCUT2D eigenvalue weighted by atomic mass is 10.2. The molecule has 0 saturated heterocycles. The fourth-order valence-electron chi connectivity index (χ4n) is 1.42. The zero-order chi connectivity index (χ0) is 13.1. The summed E-state index contributed by atoms with van der Waals surface area (Å²) in [7, 11) is 0. The molecule has 0 aliphatic rings. The Kier molecular flexibility index (Phi) is 3.78. The van der Waals surface area contributed by atoms with Crippen LogP contribution in [0.4, 0.5) is 15.8 Å². The van der Waals surface area contributed by atoms with E-state index in [9.17, 15) is 14.5 Å². The van der Waals surface area contributed by atoms with Gasteiger partial charge in [-0.05, 0) is 11.4 Å². The first-order chi connectivity index (χ1) is 8.58. The van der Waals surface area contributed by atoms with Crippen LogP contribution in [0.3, 0.4) is 0 Å². The molecule has 0 unspecified atom stereocenters. The lowest BCUT2D eigenvalue weighted by molar-refractivity contribution is -0.384. The summed E-state index contributed by atoms with van der Waals surface area (Å²) in [4.78, 5) is 11.2. The van der Waals surface area contributed by atoms with Gasteiger partial charge in [0.25, 0.3) is 5.69 Å². The molecule has 94 valence electrons. The van der Waals surface area contributed by atoms with Gasteiger partial charge in [0.15, 0.2) is 0 Å². The van der Waals surface area contributed by atoms with Crippen molar-refractivity contribution in [3.05, 3.63) is 55.5 Å². The molecule has 18 heavy (non-hydrogen) atoms. The first-order valence-corrected chi connectivity index (χ1v) is 6.23. The Morgan fingerprint density at radius 2 is 2.28 bits per heavy atom. The van der Waals surface area contributed by atoms with Crippen LogP contribution < -0.4 is 5.32 Å². The first kappa shape index (κ1) is 12.8. The molecule has 4 nitrogen and oxygen atoms in total. The highest BCUT2D eigenvalue weighted by molar-refractivity contribution is 7.09. The van der Waals surface area contributed by atoms with Crippen molar-refractivity contribution < 1.29 is 9.31 Å². The number of halogens is 2. The maximum absolute atomic E-state index is 13.3. The Hall–Kier alpha value is -1.66. The van der Waals surface area contributed by atoms with E-state index in [1.807, 2.05) is 17.5 Å². The van der Waals surface area contributed by atoms with Crippen molar-refractivity contribution in [3.63, 3.8) is 0 Å². The highest BCUT2D eigenvalue weighted by atomic mass is 35.5. The highest BCUT2D eigenvalue weighted by Crippen LogP contribution is 2.30. The summed E-state index contributed by atoms with van der Waals surface area (Å²) in [5.41, 5.74) is -0.117. The molecule has 0 bridgehead atoms. The number of hydrogen-bond donors (Lipinski definition) is 1. The molecule has 1 N–H and O–H groups in total. The van der Waals surface area contributed by atoms with Crippen LogP contribution >= 0.6 is 22.9 Å². The molecule has 0 saturated carbocycles. The van der Waals surface area contributed by atoms with Crippen LogP contribution in [0.1, 0.15) is 4.88 Å². The summed E-state index contributed by atoms with van der Waals surface area (Å²) in [5.74, 6) is -0.684. The van der Waals surface area contributed by atoms with Gasteiger partial charge in [-0.3, -0.25) is 10.1 Å². The van der Waals surface area contributed by atoms with Crippen LogP contribution in [0, 0.1) is 15.9 Å². The molecule has 0 radical (unpaired) electrons. The predicted molar refractivity (Wildman–Crippen MR) is 69.7 cm³/mol. The van der Waals surface area contributed by atoms with Crippen LogP contribution in [0.5, 0.6) is 0 Å². The molecular weight excluding hydrogens is 279 g/mol. The fraction of sp³-hybridized carbons (Fsp3) is 0.0909. The summed E-state index contributed by atoms with van der Waals surface area (Å²) in [6.45, 7) is 0.402. The minimum Gasteiger partial charge on any atom is -0.375 e. The third kappa shape index (κ3) is 2.77. The van der Waals surface area contributed by atoms with Gasteiger partial charge >= 0.3 is 0 Å². The van der Waals surface area contributed by atoms with E-state index < -0.39 is 10.7 Å². The van der Waals surface area contributed by atoms with Crippen molar-refractivity contribution in [2.75, 3.05) is 5.32 Å². The largest absolute Gasteiger partial charge is 0.375 e. The van der Waals surface area contributed by atoms with Gasteiger partial charge in [-0.1, -0.05) is 17.7 Å². The number of nitrogens with zero attached hydrogens (tertiary/aromatic N) is 1. The molecular formula is C11H8ClFN2O2S. The van der Waals surface area contributed by atoms with Crippen LogP contribution in [0.2, 0.25) is 5.02 Å². The number of thiophene rings is 1. The lowest BCUT2D eigenvalue weighted by Crippen LogP contribution is -2.02. The Balaban J connectivity index is 2.25. The Morgan fingerprint density at radius 3 is 2.89 bits per heavy atom. The molecule has 0 aliphatic carbocycles. The Morgan fingerprint density at radius 1 is 1.50 bits per heavy atom. The number of hydrogen-bond acceptors (Lipinski definition) is 4. The monoisotopic (exact) mass is 286 g/mol. The molecule has 1 heterocycles. The Labute approximate surface area is 111 Å². The van der Waals surface area contributed by atoms with Gasteiger partial charge in [-0.2, -0.15) is 0 Å². The first-order valence-electron chi connectivity index (χ1n) is 4.97. The maximum atomic E-state index is 13.3. The van der Waals surface area contributed by atoms with Crippen molar-refractivity contribution in [3.8, 4) is 0 Å². The fourth-order valence-corrected chi connectivity index (χ4v) is 2.23. The van der Waals surface area contributed by atoms with E-state index in [-0.39, 0.29) is 16.4 Å². The molecule has 0 fully saturated rings. The number of anilines is 1. The van der Waals surface area contributed by atoms with E-state index >= 15 is 0 Å². The SMILES string of the molecule is O=[N+]([O-])c1cc(Cl)c(F)cc1NCc1cccs1. The summed E-state index contributed by atoms with van der Waals surface area (Å²) in [6, 6.07) is 5.80. The average molecular weight is 287 g/mol. The van der Waals surface area contributed by atoms with Crippen LogP contribution in [0.15, 0.2) is 29.6 Å². The number of nitro groups is 1. The second kappa shape index (κ2) is 5.32. The summed E-state index contributed by atoms with van der Waals surface area (Å²) < 4.78 is 13.3. The third-order valence-corrected chi connectivity index (χ3v) is 3.43. The van der Waals surface area contributed by atoms with Crippen LogP contribution in [0.25, 0.3) is 0 Å².